The molecule has 2 aromatic rings. The lowest BCUT2D eigenvalue weighted by Crippen LogP contribution is -2.41. The summed E-state index contributed by atoms with van der Waals surface area (Å²) in [5.41, 5.74) is -0.541. The van der Waals surface area contributed by atoms with Gasteiger partial charge in [0.2, 0.25) is 5.60 Å². The number of fused-ring (bicyclic) bond motifs is 1. The first-order chi connectivity index (χ1) is 19.8. The van der Waals surface area contributed by atoms with E-state index in [2.05, 4.69) is 17.0 Å². The van der Waals surface area contributed by atoms with E-state index in [1.54, 1.807) is 19.1 Å². The molecule has 0 saturated carbocycles. The average Bonchev–Trinajstić information content (AvgIpc) is 3.50. The first-order valence-electron chi connectivity index (χ1n) is 14.7. The maximum atomic E-state index is 12.3. The van der Waals surface area contributed by atoms with E-state index < -0.39 is 38.3 Å². The van der Waals surface area contributed by atoms with E-state index in [1.807, 2.05) is 6.07 Å². The summed E-state index contributed by atoms with van der Waals surface area (Å²) in [6, 6.07) is 5.16. The van der Waals surface area contributed by atoms with E-state index in [0.29, 0.717) is 30.8 Å². The van der Waals surface area contributed by atoms with Gasteiger partial charge in [0.15, 0.2) is 0 Å². The van der Waals surface area contributed by atoms with Crippen LogP contribution >= 0.6 is 7.82 Å². The van der Waals surface area contributed by atoms with E-state index in [4.69, 9.17) is 18.5 Å². The van der Waals surface area contributed by atoms with Gasteiger partial charge >= 0.3 is 7.82 Å². The molecule has 41 heavy (non-hydrogen) atoms. The zero-order valence-electron chi connectivity index (χ0n) is 24.2. The van der Waals surface area contributed by atoms with E-state index in [0.717, 1.165) is 12.8 Å². The standard InChI is InChI=1S/C28H45N4O8P/c1-3-4-5-6-7-8-9-10-11-12-16-37-17-13-18-38-41(35,36)39-19-24-26(33)27(34)28(20-29,40-24)25-15-14-23-22(2)30-21-31-32(23)25/h14-15,21,24,26-27,33-34H,3-13,16-19H2,1-2H3,(H,35,36)/t24-,26-,27-,28+/m1/s1. The molecule has 0 bridgehead atoms. The van der Waals surface area contributed by atoms with Gasteiger partial charge < -0.3 is 24.6 Å². The van der Waals surface area contributed by atoms with Gasteiger partial charge in [0.25, 0.3) is 0 Å². The van der Waals surface area contributed by atoms with Crippen molar-refractivity contribution in [3.8, 4) is 6.07 Å². The summed E-state index contributed by atoms with van der Waals surface area (Å²) in [5.74, 6) is 0. The first kappa shape index (κ1) is 33.6. The summed E-state index contributed by atoms with van der Waals surface area (Å²) in [6.45, 7) is 4.40. The van der Waals surface area contributed by atoms with Gasteiger partial charge in [0.1, 0.15) is 30.7 Å². The van der Waals surface area contributed by atoms with E-state index >= 15 is 0 Å². The molecule has 1 aliphatic rings. The molecule has 2 aromatic heterocycles. The van der Waals surface area contributed by atoms with Gasteiger partial charge in [0, 0.05) is 13.2 Å². The summed E-state index contributed by atoms with van der Waals surface area (Å²) in [5, 5.41) is 35.5. The third-order valence-corrected chi connectivity index (χ3v) is 8.37. The highest BCUT2D eigenvalue weighted by Crippen LogP contribution is 2.46. The molecule has 0 aliphatic carbocycles. The van der Waals surface area contributed by atoms with Gasteiger partial charge in [0.05, 0.1) is 30.1 Å². The number of aliphatic hydroxyl groups excluding tert-OH is 2. The average molecular weight is 597 g/mol. The van der Waals surface area contributed by atoms with Gasteiger partial charge in [-0.05, 0) is 31.9 Å². The van der Waals surface area contributed by atoms with Crippen LogP contribution in [0.15, 0.2) is 18.5 Å². The number of aliphatic hydroxyl groups is 2. The van der Waals surface area contributed by atoms with Crippen LogP contribution in [0.25, 0.3) is 5.52 Å². The van der Waals surface area contributed by atoms with E-state index in [9.17, 15) is 24.9 Å². The van der Waals surface area contributed by atoms with Gasteiger partial charge in [-0.1, -0.05) is 64.7 Å². The second-order valence-corrected chi connectivity index (χ2v) is 12.0. The Kier molecular flexibility index (Phi) is 13.6. The summed E-state index contributed by atoms with van der Waals surface area (Å²) in [4.78, 5) is 14.2. The third-order valence-electron chi connectivity index (χ3n) is 7.38. The molecule has 1 saturated heterocycles. The Morgan fingerprint density at radius 3 is 2.37 bits per heavy atom. The van der Waals surface area contributed by atoms with Gasteiger partial charge in [-0.25, -0.2) is 14.1 Å². The highest BCUT2D eigenvalue weighted by Gasteiger charge is 2.57. The molecule has 3 rings (SSSR count). The minimum atomic E-state index is -4.47. The summed E-state index contributed by atoms with van der Waals surface area (Å²) < 4.78 is 35.1. The lowest BCUT2D eigenvalue weighted by atomic mass is 9.92. The third kappa shape index (κ3) is 9.27. The Morgan fingerprint density at radius 2 is 1.68 bits per heavy atom. The molecule has 12 nitrogen and oxygen atoms in total. The van der Waals surface area contributed by atoms with Crippen LogP contribution in [0.4, 0.5) is 0 Å². The molecular weight excluding hydrogens is 551 g/mol. The topological polar surface area (TPSA) is 169 Å². The molecule has 1 fully saturated rings. The highest BCUT2D eigenvalue weighted by molar-refractivity contribution is 7.47. The van der Waals surface area contributed by atoms with Crippen molar-refractivity contribution in [2.24, 2.45) is 0 Å². The largest absolute Gasteiger partial charge is 0.472 e. The fourth-order valence-corrected chi connectivity index (χ4v) is 5.76. The summed E-state index contributed by atoms with van der Waals surface area (Å²) >= 11 is 0. The SMILES string of the molecule is CCCCCCCCCCCCOCCCOP(=O)(O)OC[C@H]1O[C@@](C#N)(c2ccc3c(C)ncnn23)[C@H](O)[C@@H]1O. The molecule has 1 aliphatic heterocycles. The Hall–Kier alpha value is -1.94. The Balaban J connectivity index is 1.33. The van der Waals surface area contributed by atoms with Crippen LogP contribution in [0.2, 0.25) is 0 Å². The van der Waals surface area contributed by atoms with Crippen LogP contribution in [0.1, 0.15) is 88.9 Å². The quantitative estimate of drug-likeness (QED) is 0.147. The van der Waals surface area contributed by atoms with E-state index in [-0.39, 0.29) is 12.3 Å². The van der Waals surface area contributed by atoms with Crippen molar-refractivity contribution >= 4 is 13.3 Å². The maximum Gasteiger partial charge on any atom is 0.472 e. The zero-order valence-corrected chi connectivity index (χ0v) is 25.1. The fourth-order valence-electron chi connectivity index (χ4n) is 4.99. The minimum absolute atomic E-state index is 0.0557. The zero-order chi connectivity index (χ0) is 29.7. The van der Waals surface area contributed by atoms with Crippen LogP contribution < -0.4 is 0 Å². The Bertz CT molecular complexity index is 1160. The second-order valence-electron chi connectivity index (χ2n) is 10.5. The van der Waals surface area contributed by atoms with Gasteiger partial charge in [-0.3, -0.25) is 9.05 Å². The van der Waals surface area contributed by atoms with Crippen LogP contribution in [0.3, 0.4) is 0 Å². The Labute approximate surface area is 242 Å². The Morgan fingerprint density at radius 1 is 1.02 bits per heavy atom. The monoisotopic (exact) mass is 596 g/mol. The van der Waals surface area contributed by atoms with Crippen molar-refractivity contribution < 1.29 is 38.2 Å². The number of unbranched alkanes of at least 4 members (excludes halogenated alkanes) is 9. The molecule has 1 unspecified atom stereocenters. The van der Waals surface area contributed by atoms with Crippen LogP contribution in [0.5, 0.6) is 0 Å². The number of rotatable bonds is 20. The molecule has 0 spiro atoms. The molecule has 0 radical (unpaired) electrons. The van der Waals surface area contributed by atoms with Crippen LogP contribution in [-0.2, 0) is 28.7 Å². The smallest absolute Gasteiger partial charge is 0.387 e. The van der Waals surface area contributed by atoms with Crippen molar-refractivity contribution in [1.29, 1.82) is 5.26 Å². The number of aryl methyl sites for hydroxylation is 1. The number of phosphoric acid groups is 1. The number of ether oxygens (including phenoxy) is 2. The van der Waals surface area contributed by atoms with E-state index in [1.165, 1.54) is 62.2 Å². The number of aromatic nitrogens is 3. The number of phosphoric ester groups is 1. The summed E-state index contributed by atoms with van der Waals surface area (Å²) in [7, 11) is -4.47. The lowest BCUT2D eigenvalue weighted by molar-refractivity contribution is -0.0643. The molecule has 3 N–H and O–H groups in total. The molecule has 13 heteroatoms. The van der Waals surface area contributed by atoms with Crippen LogP contribution in [-0.4, -0.2) is 74.4 Å². The van der Waals surface area contributed by atoms with Crippen molar-refractivity contribution in [2.45, 2.75) is 108 Å². The molecule has 230 valence electrons. The highest BCUT2D eigenvalue weighted by atomic mass is 31.2. The number of nitriles is 1. The lowest BCUT2D eigenvalue weighted by Gasteiger charge is -2.24. The maximum absolute atomic E-state index is 12.3. The minimum Gasteiger partial charge on any atom is -0.387 e. The predicted octanol–water partition coefficient (Wildman–Crippen LogP) is 4.34. The predicted molar refractivity (Wildman–Crippen MR) is 151 cm³/mol. The number of hydrogen-bond acceptors (Lipinski definition) is 10. The van der Waals surface area contributed by atoms with Gasteiger partial charge in [-0.15, -0.1) is 0 Å². The van der Waals surface area contributed by atoms with Crippen LogP contribution in [0, 0.1) is 18.3 Å². The molecule has 0 amide bonds. The van der Waals surface area contributed by atoms with Crippen molar-refractivity contribution in [2.75, 3.05) is 26.4 Å². The normalized spacial score (nSPS) is 24.0. The molecule has 3 heterocycles. The second kappa shape index (κ2) is 16.6. The van der Waals surface area contributed by atoms with Gasteiger partial charge in [-0.2, -0.15) is 10.4 Å². The number of nitrogens with zero attached hydrogens (tertiary/aromatic N) is 4. The number of hydrogen-bond donors (Lipinski definition) is 3. The molecule has 0 aromatic carbocycles. The van der Waals surface area contributed by atoms with Crippen molar-refractivity contribution in [3.05, 3.63) is 29.8 Å². The van der Waals surface area contributed by atoms with Crippen molar-refractivity contribution in [1.82, 2.24) is 14.6 Å². The van der Waals surface area contributed by atoms with Crippen molar-refractivity contribution in [3.63, 3.8) is 0 Å². The fraction of sp³-hybridized carbons (Fsp3) is 0.750. The summed E-state index contributed by atoms with van der Waals surface area (Å²) in [6.07, 6.45) is 9.75. The molecule has 5 atom stereocenters. The first-order valence-corrected chi connectivity index (χ1v) is 16.2. The molecular formula is C28H45N4O8P.